The summed E-state index contributed by atoms with van der Waals surface area (Å²) < 4.78 is 0. The normalized spacial score (nSPS) is 22.4. The standard InChI is InChI=1S/C14H15N3O3/c1-8-13(16-11-5-3-2-4-10(11)15-8)17-7-9(18)6-12(17)14(19)20/h2-5,9,12,18H,6-7H2,1H3,(H,19,20). The molecule has 0 saturated carbocycles. The highest BCUT2D eigenvalue weighted by atomic mass is 16.4. The lowest BCUT2D eigenvalue weighted by Crippen LogP contribution is -2.37. The average molecular weight is 273 g/mol. The van der Waals surface area contributed by atoms with Crippen molar-refractivity contribution in [2.24, 2.45) is 0 Å². The van der Waals surface area contributed by atoms with E-state index in [0.29, 0.717) is 11.5 Å². The quantitative estimate of drug-likeness (QED) is 0.847. The van der Waals surface area contributed by atoms with Gasteiger partial charge in [0.15, 0.2) is 5.82 Å². The molecule has 1 aliphatic rings. The summed E-state index contributed by atoms with van der Waals surface area (Å²) >= 11 is 0. The zero-order valence-electron chi connectivity index (χ0n) is 11.0. The second-order valence-corrected chi connectivity index (χ2v) is 5.02. The second-order valence-electron chi connectivity index (χ2n) is 5.02. The van der Waals surface area contributed by atoms with Crippen LogP contribution in [-0.4, -0.2) is 44.8 Å². The van der Waals surface area contributed by atoms with Crippen LogP contribution in [-0.2, 0) is 4.79 Å². The van der Waals surface area contributed by atoms with Gasteiger partial charge < -0.3 is 15.1 Å². The molecular weight excluding hydrogens is 258 g/mol. The van der Waals surface area contributed by atoms with Crippen LogP contribution in [0.1, 0.15) is 12.1 Å². The van der Waals surface area contributed by atoms with Gasteiger partial charge in [0.2, 0.25) is 0 Å². The van der Waals surface area contributed by atoms with Crippen molar-refractivity contribution < 1.29 is 15.0 Å². The number of aryl methyl sites for hydroxylation is 1. The molecule has 1 saturated heterocycles. The van der Waals surface area contributed by atoms with Crippen LogP contribution in [0.15, 0.2) is 24.3 Å². The molecule has 0 radical (unpaired) electrons. The number of aromatic nitrogens is 2. The lowest BCUT2D eigenvalue weighted by Gasteiger charge is -2.23. The topological polar surface area (TPSA) is 86.5 Å². The number of β-amino-alcohol motifs (C(OH)–C–C–N with tert-alkyl or cyclic N) is 1. The summed E-state index contributed by atoms with van der Waals surface area (Å²) in [7, 11) is 0. The average Bonchev–Trinajstić information content (AvgIpc) is 2.80. The molecule has 2 N–H and O–H groups in total. The Morgan fingerprint density at radius 3 is 2.60 bits per heavy atom. The van der Waals surface area contributed by atoms with Gasteiger partial charge in [-0.1, -0.05) is 12.1 Å². The Hall–Kier alpha value is -2.21. The van der Waals surface area contributed by atoms with Crippen LogP contribution in [0.2, 0.25) is 0 Å². The number of nitrogens with zero attached hydrogens (tertiary/aromatic N) is 3. The molecule has 2 aromatic rings. The molecule has 1 aromatic carbocycles. The van der Waals surface area contributed by atoms with E-state index in [9.17, 15) is 15.0 Å². The summed E-state index contributed by atoms with van der Waals surface area (Å²) in [6, 6.07) is 6.71. The van der Waals surface area contributed by atoms with Gasteiger partial charge in [-0.3, -0.25) is 0 Å². The Bertz CT molecular complexity index is 674. The van der Waals surface area contributed by atoms with Crippen molar-refractivity contribution in [2.45, 2.75) is 25.5 Å². The molecule has 2 unspecified atom stereocenters. The number of hydrogen-bond donors (Lipinski definition) is 2. The first-order chi connectivity index (χ1) is 9.56. The van der Waals surface area contributed by atoms with E-state index in [1.54, 1.807) is 11.8 Å². The van der Waals surface area contributed by atoms with Gasteiger partial charge in [0.05, 0.1) is 22.8 Å². The van der Waals surface area contributed by atoms with Gasteiger partial charge in [-0.05, 0) is 19.1 Å². The van der Waals surface area contributed by atoms with E-state index in [1.165, 1.54) is 0 Å². The zero-order chi connectivity index (χ0) is 14.3. The van der Waals surface area contributed by atoms with E-state index in [4.69, 9.17) is 0 Å². The molecule has 0 aliphatic carbocycles. The first kappa shape index (κ1) is 12.8. The maximum absolute atomic E-state index is 11.3. The van der Waals surface area contributed by atoms with Gasteiger partial charge >= 0.3 is 5.97 Å². The molecule has 104 valence electrons. The first-order valence-corrected chi connectivity index (χ1v) is 6.47. The van der Waals surface area contributed by atoms with Crippen molar-refractivity contribution in [1.82, 2.24) is 9.97 Å². The highest BCUT2D eigenvalue weighted by Crippen LogP contribution is 2.27. The molecule has 3 rings (SSSR count). The third kappa shape index (κ3) is 2.08. The highest BCUT2D eigenvalue weighted by Gasteiger charge is 2.37. The summed E-state index contributed by atoms with van der Waals surface area (Å²) in [6.07, 6.45) is -0.438. The van der Waals surface area contributed by atoms with Crippen molar-refractivity contribution in [3.8, 4) is 0 Å². The number of benzene rings is 1. The lowest BCUT2D eigenvalue weighted by atomic mass is 10.2. The minimum atomic E-state index is -0.948. The third-order valence-corrected chi connectivity index (χ3v) is 3.56. The van der Waals surface area contributed by atoms with Crippen LogP contribution in [0, 0.1) is 6.92 Å². The lowest BCUT2D eigenvalue weighted by molar-refractivity contribution is -0.138. The number of aliphatic hydroxyl groups excluding tert-OH is 1. The Balaban J connectivity index is 2.09. The number of aliphatic carboxylic acids is 1. The Labute approximate surface area is 115 Å². The number of fused-ring (bicyclic) bond motifs is 1. The van der Waals surface area contributed by atoms with Crippen LogP contribution < -0.4 is 4.90 Å². The van der Waals surface area contributed by atoms with Gasteiger partial charge in [-0.15, -0.1) is 0 Å². The second kappa shape index (κ2) is 4.72. The van der Waals surface area contributed by atoms with E-state index in [-0.39, 0.29) is 13.0 Å². The van der Waals surface area contributed by atoms with Crippen molar-refractivity contribution in [2.75, 3.05) is 11.4 Å². The molecule has 1 aliphatic heterocycles. The summed E-state index contributed by atoms with van der Waals surface area (Å²) in [4.78, 5) is 21.9. The SMILES string of the molecule is Cc1nc2ccccc2nc1N1CC(O)CC1C(=O)O. The predicted octanol–water partition coefficient (Wildman–Crippen LogP) is 0.962. The van der Waals surface area contributed by atoms with Crippen molar-refractivity contribution in [1.29, 1.82) is 0 Å². The van der Waals surface area contributed by atoms with Crippen molar-refractivity contribution in [3.05, 3.63) is 30.0 Å². The number of para-hydroxylation sites is 2. The number of carboxylic acid groups (broad SMARTS) is 1. The number of hydrogen-bond acceptors (Lipinski definition) is 5. The van der Waals surface area contributed by atoms with Crippen LogP contribution in [0.4, 0.5) is 5.82 Å². The fraction of sp³-hybridized carbons (Fsp3) is 0.357. The highest BCUT2D eigenvalue weighted by molar-refractivity contribution is 5.81. The minimum Gasteiger partial charge on any atom is -0.480 e. The largest absolute Gasteiger partial charge is 0.480 e. The predicted molar refractivity (Wildman–Crippen MR) is 73.7 cm³/mol. The number of anilines is 1. The third-order valence-electron chi connectivity index (χ3n) is 3.56. The van der Waals surface area contributed by atoms with Crippen molar-refractivity contribution in [3.63, 3.8) is 0 Å². The van der Waals surface area contributed by atoms with E-state index < -0.39 is 18.1 Å². The molecule has 0 bridgehead atoms. The first-order valence-electron chi connectivity index (χ1n) is 6.47. The monoisotopic (exact) mass is 273 g/mol. The van der Waals surface area contributed by atoms with E-state index in [1.807, 2.05) is 24.3 Å². The Morgan fingerprint density at radius 2 is 1.95 bits per heavy atom. The molecule has 0 spiro atoms. The molecule has 6 nitrogen and oxygen atoms in total. The fourth-order valence-electron chi connectivity index (χ4n) is 2.63. The van der Waals surface area contributed by atoms with E-state index in [0.717, 1.165) is 11.0 Å². The number of aliphatic hydroxyl groups is 1. The molecule has 2 atom stereocenters. The molecule has 2 heterocycles. The number of rotatable bonds is 2. The van der Waals surface area contributed by atoms with Crippen molar-refractivity contribution >= 4 is 22.8 Å². The minimum absolute atomic E-state index is 0.212. The maximum atomic E-state index is 11.3. The molecule has 0 amide bonds. The molecule has 1 aromatic heterocycles. The van der Waals surface area contributed by atoms with E-state index in [2.05, 4.69) is 9.97 Å². The van der Waals surface area contributed by atoms with Crippen LogP contribution >= 0.6 is 0 Å². The van der Waals surface area contributed by atoms with Gasteiger partial charge in [0.25, 0.3) is 0 Å². The van der Waals surface area contributed by atoms with Gasteiger partial charge in [-0.2, -0.15) is 0 Å². The smallest absolute Gasteiger partial charge is 0.326 e. The summed E-state index contributed by atoms with van der Waals surface area (Å²) in [6.45, 7) is 2.07. The Kier molecular flexibility index (Phi) is 3.02. The van der Waals surface area contributed by atoms with Crippen LogP contribution in [0.5, 0.6) is 0 Å². The summed E-state index contributed by atoms with van der Waals surface area (Å²) in [5.74, 6) is -0.413. The Morgan fingerprint density at radius 1 is 1.30 bits per heavy atom. The fourth-order valence-corrected chi connectivity index (χ4v) is 2.63. The zero-order valence-corrected chi connectivity index (χ0v) is 11.0. The van der Waals surface area contributed by atoms with E-state index >= 15 is 0 Å². The van der Waals surface area contributed by atoms with Crippen LogP contribution in [0.3, 0.4) is 0 Å². The van der Waals surface area contributed by atoms with Gasteiger partial charge in [0.1, 0.15) is 6.04 Å². The summed E-state index contributed by atoms with van der Waals surface area (Å²) in [5.41, 5.74) is 2.17. The summed E-state index contributed by atoms with van der Waals surface area (Å²) in [5, 5.41) is 19.0. The molecule has 20 heavy (non-hydrogen) atoms. The maximum Gasteiger partial charge on any atom is 0.326 e. The molecular formula is C14H15N3O3. The molecule has 1 fully saturated rings. The number of carboxylic acids is 1. The van der Waals surface area contributed by atoms with Gasteiger partial charge in [-0.25, -0.2) is 14.8 Å². The van der Waals surface area contributed by atoms with Crippen LogP contribution in [0.25, 0.3) is 11.0 Å². The molecule has 6 heteroatoms. The number of carbonyl (C=O) groups is 1. The van der Waals surface area contributed by atoms with Gasteiger partial charge in [0, 0.05) is 13.0 Å².